The van der Waals surface area contributed by atoms with Gasteiger partial charge >= 0.3 is 5.92 Å². The van der Waals surface area contributed by atoms with Gasteiger partial charge in [0.25, 0.3) is 0 Å². The summed E-state index contributed by atoms with van der Waals surface area (Å²) in [6, 6.07) is 3.34. The van der Waals surface area contributed by atoms with Gasteiger partial charge in [0, 0.05) is 49.2 Å². The minimum Gasteiger partial charge on any atom is -0.346 e. The fraction of sp³-hybridized carbons (Fsp3) is 0.368. The van der Waals surface area contributed by atoms with E-state index in [1.807, 2.05) is 17.3 Å². The molecule has 1 aliphatic heterocycles. The van der Waals surface area contributed by atoms with Crippen LogP contribution in [0.4, 0.5) is 13.9 Å². The van der Waals surface area contributed by atoms with E-state index in [0.29, 0.717) is 27.8 Å². The molecule has 0 radical (unpaired) electrons. The number of alkyl halides is 2. The van der Waals surface area contributed by atoms with Gasteiger partial charge in [0.15, 0.2) is 16.1 Å². The summed E-state index contributed by atoms with van der Waals surface area (Å²) in [5.74, 6) is -2.29. The number of rotatable bonds is 5. The number of halogens is 2. The molecule has 152 valence electrons. The number of anilines is 1. The minimum absolute atomic E-state index is 0.213. The Hall–Kier alpha value is -2.46. The van der Waals surface area contributed by atoms with Crippen LogP contribution in [0.15, 0.2) is 34.1 Å². The molecule has 0 aromatic carbocycles. The van der Waals surface area contributed by atoms with E-state index in [1.165, 1.54) is 11.3 Å². The quantitative estimate of drug-likeness (QED) is 0.644. The Morgan fingerprint density at radius 2 is 2.00 bits per heavy atom. The summed E-state index contributed by atoms with van der Waals surface area (Å²) in [7, 11) is 1.97. The normalized spacial score (nSPS) is 14.8. The number of nitrogens with one attached hydrogen (secondary N) is 1. The topological polar surface area (TPSA) is 66.3 Å². The molecule has 4 rings (SSSR count). The maximum absolute atomic E-state index is 14.8. The number of aromatic nitrogens is 3. The van der Waals surface area contributed by atoms with Gasteiger partial charge in [-0.3, -0.25) is 9.98 Å². The third-order valence-corrected chi connectivity index (χ3v) is 6.32. The molecule has 0 atom stereocenters. The molecule has 0 unspecified atom stereocenters. The number of aliphatic imine (C=N–C) groups is 1. The van der Waals surface area contributed by atoms with Crippen LogP contribution in [0.3, 0.4) is 0 Å². The third-order valence-electron chi connectivity index (χ3n) is 4.61. The van der Waals surface area contributed by atoms with E-state index in [0.717, 1.165) is 36.8 Å². The van der Waals surface area contributed by atoms with Crippen LogP contribution in [-0.2, 0) is 12.3 Å². The largest absolute Gasteiger partial charge is 0.346 e. The second-order valence-electron chi connectivity index (χ2n) is 6.81. The second kappa shape index (κ2) is 8.11. The van der Waals surface area contributed by atoms with Gasteiger partial charge < -0.3 is 10.2 Å². The molecule has 10 heteroatoms. The first-order chi connectivity index (χ1) is 13.9. The Bertz CT molecular complexity index is 1030. The molecule has 0 fully saturated rings. The first-order valence-electron chi connectivity index (χ1n) is 9.15. The summed E-state index contributed by atoms with van der Waals surface area (Å²) >= 11 is 2.35. The SMILES string of the molecule is Cc1ncccc1CC(F)(F)c1nc(-c2csc(NC3=NCCCN3C)n2)cs1. The van der Waals surface area contributed by atoms with Crippen LogP contribution in [-0.4, -0.2) is 45.9 Å². The molecule has 0 bridgehead atoms. The fourth-order valence-corrected chi connectivity index (χ4v) is 4.47. The highest BCUT2D eigenvalue weighted by Crippen LogP contribution is 2.37. The molecule has 0 amide bonds. The molecule has 1 N–H and O–H groups in total. The van der Waals surface area contributed by atoms with E-state index in [2.05, 4.69) is 25.3 Å². The van der Waals surface area contributed by atoms with Gasteiger partial charge in [0.2, 0.25) is 0 Å². The molecule has 3 aromatic heterocycles. The van der Waals surface area contributed by atoms with Crippen molar-refractivity contribution in [3.05, 3.63) is 45.4 Å². The lowest BCUT2D eigenvalue weighted by atomic mass is 10.1. The zero-order chi connectivity index (χ0) is 20.4. The molecular weight excluding hydrogens is 414 g/mol. The standard InChI is InChI=1S/C19H20F2N6S2/c1-12-13(5-3-6-22-12)9-19(20,21)16-24-14(10-28-16)15-11-29-18(25-15)26-17-23-7-4-8-27(17)2/h3,5-6,10-11H,4,7-9H2,1-2H3,(H,23,25,26). The number of aryl methyl sites for hydroxylation is 1. The molecule has 3 aromatic rings. The lowest BCUT2D eigenvalue weighted by Crippen LogP contribution is -2.37. The minimum atomic E-state index is -3.06. The Labute approximate surface area is 175 Å². The first-order valence-corrected chi connectivity index (χ1v) is 10.9. The van der Waals surface area contributed by atoms with Crippen molar-refractivity contribution in [2.45, 2.75) is 25.7 Å². The summed E-state index contributed by atoms with van der Waals surface area (Å²) in [4.78, 5) is 19.2. The maximum Gasteiger partial charge on any atom is 0.302 e. The van der Waals surface area contributed by atoms with E-state index in [1.54, 1.807) is 30.6 Å². The highest BCUT2D eigenvalue weighted by molar-refractivity contribution is 7.14. The predicted molar refractivity (Wildman–Crippen MR) is 113 cm³/mol. The van der Waals surface area contributed by atoms with Crippen LogP contribution in [0.5, 0.6) is 0 Å². The van der Waals surface area contributed by atoms with Crippen molar-refractivity contribution < 1.29 is 8.78 Å². The van der Waals surface area contributed by atoms with Gasteiger partial charge in [-0.05, 0) is 25.0 Å². The zero-order valence-electron chi connectivity index (χ0n) is 16.0. The number of nitrogens with zero attached hydrogens (tertiary/aromatic N) is 5. The Balaban J connectivity index is 1.50. The number of hydrogen-bond acceptors (Lipinski definition) is 8. The van der Waals surface area contributed by atoms with Crippen LogP contribution in [0, 0.1) is 6.92 Å². The van der Waals surface area contributed by atoms with Crippen molar-refractivity contribution in [3.63, 3.8) is 0 Å². The molecular formula is C19H20F2N6S2. The lowest BCUT2D eigenvalue weighted by Gasteiger charge is -2.24. The Morgan fingerprint density at radius 3 is 2.79 bits per heavy atom. The summed E-state index contributed by atoms with van der Waals surface area (Å²) in [6.45, 7) is 3.45. The number of hydrogen-bond donors (Lipinski definition) is 1. The fourth-order valence-electron chi connectivity index (χ4n) is 2.98. The highest BCUT2D eigenvalue weighted by Gasteiger charge is 2.36. The zero-order valence-corrected chi connectivity index (χ0v) is 17.7. The van der Waals surface area contributed by atoms with Crippen molar-refractivity contribution in [1.29, 1.82) is 0 Å². The van der Waals surface area contributed by atoms with Crippen LogP contribution < -0.4 is 5.32 Å². The molecule has 0 saturated heterocycles. The van der Waals surface area contributed by atoms with Gasteiger partial charge in [0.05, 0.1) is 0 Å². The van der Waals surface area contributed by atoms with E-state index >= 15 is 0 Å². The van der Waals surface area contributed by atoms with E-state index in [-0.39, 0.29) is 5.01 Å². The number of guanidine groups is 1. The van der Waals surface area contributed by atoms with E-state index in [9.17, 15) is 8.78 Å². The second-order valence-corrected chi connectivity index (χ2v) is 8.53. The predicted octanol–water partition coefficient (Wildman–Crippen LogP) is 4.41. The van der Waals surface area contributed by atoms with Gasteiger partial charge in [-0.25, -0.2) is 9.97 Å². The lowest BCUT2D eigenvalue weighted by molar-refractivity contribution is -0.00419. The third kappa shape index (κ3) is 4.43. The number of pyridine rings is 1. The van der Waals surface area contributed by atoms with Gasteiger partial charge in [-0.15, -0.1) is 22.7 Å². The van der Waals surface area contributed by atoms with Crippen LogP contribution in [0.25, 0.3) is 11.4 Å². The van der Waals surface area contributed by atoms with Crippen molar-refractivity contribution >= 4 is 33.8 Å². The smallest absolute Gasteiger partial charge is 0.302 e. The summed E-state index contributed by atoms with van der Waals surface area (Å²) in [6.07, 6.45) is 2.21. The average molecular weight is 435 g/mol. The van der Waals surface area contributed by atoms with E-state index in [4.69, 9.17) is 0 Å². The van der Waals surface area contributed by atoms with Crippen LogP contribution in [0.1, 0.15) is 22.7 Å². The van der Waals surface area contributed by atoms with Crippen molar-refractivity contribution in [1.82, 2.24) is 19.9 Å². The van der Waals surface area contributed by atoms with Crippen molar-refractivity contribution in [2.24, 2.45) is 4.99 Å². The Kier molecular flexibility index (Phi) is 5.55. The van der Waals surface area contributed by atoms with Gasteiger partial charge in [-0.2, -0.15) is 8.78 Å². The van der Waals surface area contributed by atoms with E-state index < -0.39 is 12.3 Å². The van der Waals surface area contributed by atoms with Crippen LogP contribution in [0.2, 0.25) is 0 Å². The van der Waals surface area contributed by atoms with Crippen LogP contribution >= 0.6 is 22.7 Å². The van der Waals surface area contributed by atoms with Gasteiger partial charge in [-0.1, -0.05) is 6.07 Å². The molecule has 6 nitrogen and oxygen atoms in total. The molecule has 4 heterocycles. The molecule has 1 aliphatic rings. The maximum atomic E-state index is 14.8. The summed E-state index contributed by atoms with van der Waals surface area (Å²) in [5.41, 5.74) is 2.16. The number of thiazole rings is 2. The highest BCUT2D eigenvalue weighted by atomic mass is 32.1. The Morgan fingerprint density at radius 1 is 1.21 bits per heavy atom. The van der Waals surface area contributed by atoms with Gasteiger partial charge in [0.1, 0.15) is 11.4 Å². The molecule has 29 heavy (non-hydrogen) atoms. The monoisotopic (exact) mass is 434 g/mol. The van der Waals surface area contributed by atoms with Crippen molar-refractivity contribution in [3.8, 4) is 11.4 Å². The molecule has 0 saturated carbocycles. The first kappa shape index (κ1) is 19.8. The molecule has 0 aliphatic carbocycles. The average Bonchev–Trinajstić information content (AvgIpc) is 3.35. The molecule has 0 spiro atoms. The summed E-state index contributed by atoms with van der Waals surface area (Å²) in [5, 5.41) is 7.09. The summed E-state index contributed by atoms with van der Waals surface area (Å²) < 4.78 is 29.6. The van der Waals surface area contributed by atoms with Crippen molar-refractivity contribution in [2.75, 3.05) is 25.5 Å².